The Balaban J connectivity index is 1.45. The number of benzene rings is 2. The maximum absolute atomic E-state index is 13.5. The molecule has 0 spiro atoms. The molecule has 4 rings (SSSR count). The van der Waals surface area contributed by atoms with Crippen molar-refractivity contribution >= 4 is 29.5 Å². The molecule has 202 valence electrons. The third-order valence-corrected chi connectivity index (χ3v) is 6.99. The number of carbonyl (C=O) groups excluding carboxylic acids is 4. The molecule has 0 aromatic heterocycles. The number of nitrogens with one attached hydrogen (secondary N) is 3. The molecule has 9 heteroatoms. The lowest BCUT2D eigenvalue weighted by atomic mass is 9.80. The molecule has 38 heavy (non-hydrogen) atoms. The highest BCUT2D eigenvalue weighted by atomic mass is 16.6. The summed E-state index contributed by atoms with van der Waals surface area (Å²) in [6.07, 6.45) is 3.38. The zero-order valence-corrected chi connectivity index (χ0v) is 22.2. The first-order valence-corrected chi connectivity index (χ1v) is 13.1. The molecule has 5 N–H and O–H groups in total. The average molecular weight is 521 g/mol. The standard InChI is InChI=1S/C29H36N4O5/c1-28(2,3)38-27(37)33-29(13-5-4-6-14-29)26(36)32-23(25(30)35)15-18-7-9-19(10-8-18)20-11-12-21-17-24(34)31-22(21)16-20/h7-12,16,23H,4-6,13-15,17H2,1-3H3,(H2,30,35)(H,31,34)(H,32,36)(H,33,37)/t23-/m0/s1. The van der Waals surface area contributed by atoms with Crippen LogP contribution in [0.4, 0.5) is 10.5 Å². The van der Waals surface area contributed by atoms with Crippen molar-refractivity contribution in [2.45, 2.75) is 82.9 Å². The highest BCUT2D eigenvalue weighted by Crippen LogP contribution is 2.31. The summed E-state index contributed by atoms with van der Waals surface area (Å²) in [4.78, 5) is 50.0. The fraction of sp³-hybridized carbons (Fsp3) is 0.448. The molecule has 0 radical (unpaired) electrons. The topological polar surface area (TPSA) is 140 Å². The number of rotatable bonds is 7. The quantitative estimate of drug-likeness (QED) is 0.442. The molecule has 0 saturated heterocycles. The van der Waals surface area contributed by atoms with E-state index in [1.54, 1.807) is 20.8 Å². The van der Waals surface area contributed by atoms with Gasteiger partial charge in [0.2, 0.25) is 17.7 Å². The summed E-state index contributed by atoms with van der Waals surface area (Å²) in [5.41, 5.74) is 8.37. The maximum Gasteiger partial charge on any atom is 0.408 e. The molecule has 1 aliphatic heterocycles. The van der Waals surface area contributed by atoms with Crippen molar-refractivity contribution in [3.8, 4) is 11.1 Å². The Morgan fingerprint density at radius 3 is 2.32 bits per heavy atom. The zero-order chi connectivity index (χ0) is 27.5. The van der Waals surface area contributed by atoms with Gasteiger partial charge >= 0.3 is 6.09 Å². The minimum atomic E-state index is -1.15. The smallest absolute Gasteiger partial charge is 0.408 e. The molecule has 1 saturated carbocycles. The van der Waals surface area contributed by atoms with Crippen LogP contribution in [0.1, 0.15) is 64.0 Å². The normalized spacial score (nSPS) is 17.1. The highest BCUT2D eigenvalue weighted by molar-refractivity contribution is 6.00. The van der Waals surface area contributed by atoms with Gasteiger partial charge in [0.15, 0.2) is 0 Å². The number of fused-ring (bicyclic) bond motifs is 1. The van der Waals surface area contributed by atoms with Crippen LogP contribution in [0.3, 0.4) is 0 Å². The Hall–Kier alpha value is -3.88. The van der Waals surface area contributed by atoms with Gasteiger partial charge in [-0.15, -0.1) is 0 Å². The summed E-state index contributed by atoms with van der Waals surface area (Å²) in [6, 6.07) is 12.6. The third kappa shape index (κ3) is 6.51. The van der Waals surface area contributed by atoms with Gasteiger partial charge in [-0.05, 0) is 61.9 Å². The van der Waals surface area contributed by atoms with E-state index in [0.29, 0.717) is 19.3 Å². The van der Waals surface area contributed by atoms with Crippen molar-refractivity contribution in [1.29, 1.82) is 0 Å². The number of ether oxygens (including phenoxy) is 1. The lowest BCUT2D eigenvalue weighted by Gasteiger charge is -2.37. The first kappa shape index (κ1) is 27.2. The molecule has 1 atom stereocenters. The van der Waals surface area contributed by atoms with E-state index < -0.39 is 35.1 Å². The van der Waals surface area contributed by atoms with E-state index in [1.165, 1.54) is 0 Å². The third-order valence-electron chi connectivity index (χ3n) is 6.99. The van der Waals surface area contributed by atoms with Crippen molar-refractivity contribution in [2.75, 3.05) is 5.32 Å². The Morgan fingerprint density at radius 1 is 1.03 bits per heavy atom. The Bertz CT molecular complexity index is 1230. The summed E-state index contributed by atoms with van der Waals surface area (Å²) >= 11 is 0. The van der Waals surface area contributed by atoms with Crippen LogP contribution in [0, 0.1) is 0 Å². The molecule has 1 heterocycles. The molecule has 0 bridgehead atoms. The lowest BCUT2D eigenvalue weighted by Crippen LogP contribution is -2.63. The molecule has 4 amide bonds. The van der Waals surface area contributed by atoms with Crippen LogP contribution in [0.25, 0.3) is 11.1 Å². The van der Waals surface area contributed by atoms with Gasteiger partial charge in [-0.1, -0.05) is 55.7 Å². The van der Waals surface area contributed by atoms with E-state index in [2.05, 4.69) is 16.0 Å². The van der Waals surface area contributed by atoms with Gasteiger partial charge in [0.1, 0.15) is 17.2 Å². The van der Waals surface area contributed by atoms with E-state index in [1.807, 2.05) is 42.5 Å². The van der Waals surface area contributed by atoms with E-state index in [0.717, 1.165) is 47.2 Å². The first-order chi connectivity index (χ1) is 17.9. The van der Waals surface area contributed by atoms with Crippen LogP contribution in [0.15, 0.2) is 42.5 Å². The molecule has 1 fully saturated rings. The minimum absolute atomic E-state index is 0.0108. The second-order valence-corrected chi connectivity index (χ2v) is 11.2. The fourth-order valence-electron chi connectivity index (χ4n) is 5.05. The van der Waals surface area contributed by atoms with E-state index in [-0.39, 0.29) is 12.3 Å². The van der Waals surface area contributed by atoms with Crippen molar-refractivity contribution in [3.05, 3.63) is 53.6 Å². The fourth-order valence-corrected chi connectivity index (χ4v) is 5.05. The lowest BCUT2D eigenvalue weighted by molar-refractivity contribution is -0.133. The first-order valence-electron chi connectivity index (χ1n) is 13.1. The van der Waals surface area contributed by atoms with Gasteiger partial charge in [0, 0.05) is 12.1 Å². The molecular weight excluding hydrogens is 484 g/mol. The van der Waals surface area contributed by atoms with Crippen molar-refractivity contribution in [1.82, 2.24) is 10.6 Å². The number of nitrogens with two attached hydrogens (primary N) is 1. The van der Waals surface area contributed by atoms with Crippen LogP contribution in [0.2, 0.25) is 0 Å². The molecule has 9 nitrogen and oxygen atoms in total. The monoisotopic (exact) mass is 520 g/mol. The average Bonchev–Trinajstić information content (AvgIpc) is 3.22. The number of carbonyl (C=O) groups is 4. The van der Waals surface area contributed by atoms with E-state index >= 15 is 0 Å². The summed E-state index contributed by atoms with van der Waals surface area (Å²) in [7, 11) is 0. The number of hydrogen-bond acceptors (Lipinski definition) is 5. The number of hydrogen-bond donors (Lipinski definition) is 4. The van der Waals surface area contributed by atoms with Crippen molar-refractivity contribution in [2.24, 2.45) is 5.73 Å². The molecule has 2 aromatic carbocycles. The van der Waals surface area contributed by atoms with Crippen LogP contribution in [-0.2, 0) is 32.0 Å². The predicted octanol–water partition coefficient (Wildman–Crippen LogP) is 3.59. The number of anilines is 1. The second kappa shape index (κ2) is 10.8. The Labute approximate surface area is 222 Å². The van der Waals surface area contributed by atoms with Crippen LogP contribution in [0.5, 0.6) is 0 Å². The number of amides is 4. The van der Waals surface area contributed by atoms with Gasteiger partial charge in [0.25, 0.3) is 0 Å². The summed E-state index contributed by atoms with van der Waals surface area (Å²) in [5.74, 6) is -1.09. The summed E-state index contributed by atoms with van der Waals surface area (Å²) in [6.45, 7) is 5.28. The Kier molecular flexibility index (Phi) is 7.76. The molecule has 0 unspecified atom stereocenters. The van der Waals surface area contributed by atoms with Crippen LogP contribution < -0.4 is 21.7 Å². The molecule has 2 aromatic rings. The van der Waals surface area contributed by atoms with Gasteiger partial charge in [-0.3, -0.25) is 14.4 Å². The predicted molar refractivity (Wildman–Crippen MR) is 144 cm³/mol. The second-order valence-electron chi connectivity index (χ2n) is 11.2. The van der Waals surface area contributed by atoms with Gasteiger partial charge in [0.05, 0.1) is 6.42 Å². The molecular formula is C29H36N4O5. The largest absolute Gasteiger partial charge is 0.444 e. The van der Waals surface area contributed by atoms with Gasteiger partial charge < -0.3 is 26.4 Å². The summed E-state index contributed by atoms with van der Waals surface area (Å²) in [5, 5.41) is 8.45. The SMILES string of the molecule is CC(C)(C)OC(=O)NC1(C(=O)N[C@@H](Cc2ccc(-c3ccc4c(c3)NC(=O)C4)cc2)C(N)=O)CCCCC1. The van der Waals surface area contributed by atoms with Crippen LogP contribution >= 0.6 is 0 Å². The number of primary amides is 1. The number of alkyl carbamates (subject to hydrolysis) is 1. The van der Waals surface area contributed by atoms with Crippen LogP contribution in [-0.4, -0.2) is 41.0 Å². The highest BCUT2D eigenvalue weighted by Gasteiger charge is 2.43. The van der Waals surface area contributed by atoms with Gasteiger partial charge in [-0.25, -0.2) is 4.79 Å². The Morgan fingerprint density at radius 2 is 1.68 bits per heavy atom. The van der Waals surface area contributed by atoms with Gasteiger partial charge in [-0.2, -0.15) is 0 Å². The van der Waals surface area contributed by atoms with E-state index in [9.17, 15) is 19.2 Å². The van der Waals surface area contributed by atoms with Crippen molar-refractivity contribution < 1.29 is 23.9 Å². The van der Waals surface area contributed by atoms with E-state index in [4.69, 9.17) is 10.5 Å². The van der Waals surface area contributed by atoms with Crippen molar-refractivity contribution in [3.63, 3.8) is 0 Å². The minimum Gasteiger partial charge on any atom is -0.444 e. The molecule has 1 aliphatic carbocycles. The maximum atomic E-state index is 13.5. The zero-order valence-electron chi connectivity index (χ0n) is 22.2. The molecule has 2 aliphatic rings. The summed E-state index contributed by atoms with van der Waals surface area (Å²) < 4.78 is 5.40.